The molecule has 0 spiro atoms. The number of anilines is 1. The van der Waals surface area contributed by atoms with Crippen LogP contribution in [0.4, 0.5) is 5.69 Å². The fourth-order valence-electron chi connectivity index (χ4n) is 2.62. The van der Waals surface area contributed by atoms with Gasteiger partial charge in [0.05, 0.1) is 6.26 Å². The summed E-state index contributed by atoms with van der Waals surface area (Å²) < 4.78 is 10.7. The van der Waals surface area contributed by atoms with Crippen LogP contribution >= 0.6 is 0 Å². The molecule has 6 nitrogen and oxygen atoms in total. The first-order chi connectivity index (χ1) is 13.5. The quantitative estimate of drug-likeness (QED) is 0.654. The van der Waals surface area contributed by atoms with Crippen molar-refractivity contribution < 1.29 is 18.7 Å². The fourth-order valence-corrected chi connectivity index (χ4v) is 2.62. The Bertz CT molecular complexity index is 964. The Morgan fingerprint density at radius 1 is 1.04 bits per heavy atom. The molecule has 2 amide bonds. The molecule has 0 aliphatic rings. The lowest BCUT2D eigenvalue weighted by molar-refractivity contribution is -0.123. The first kappa shape index (κ1) is 19.2. The molecule has 0 aliphatic carbocycles. The molecule has 0 bridgehead atoms. The smallest absolute Gasteiger partial charge is 0.291 e. The minimum absolute atomic E-state index is 0.0563. The summed E-state index contributed by atoms with van der Waals surface area (Å²) in [7, 11) is 0. The minimum atomic E-state index is -0.326. The van der Waals surface area contributed by atoms with Crippen LogP contribution in [0.5, 0.6) is 5.75 Å². The molecule has 0 aliphatic heterocycles. The SMILES string of the molecule is Cc1ccc(C)c(OCC(=O)NCc2cccc(NC(=O)c3ccco3)c2)c1. The van der Waals surface area contributed by atoms with Crippen molar-refractivity contribution in [1.29, 1.82) is 0 Å². The monoisotopic (exact) mass is 378 g/mol. The van der Waals surface area contributed by atoms with Gasteiger partial charge in [0.2, 0.25) is 0 Å². The maximum Gasteiger partial charge on any atom is 0.291 e. The number of furan rings is 1. The van der Waals surface area contributed by atoms with E-state index in [0.29, 0.717) is 18.0 Å². The number of hydrogen-bond donors (Lipinski definition) is 2. The predicted molar refractivity (Wildman–Crippen MR) is 106 cm³/mol. The number of ether oxygens (including phenoxy) is 1. The second kappa shape index (κ2) is 8.90. The van der Waals surface area contributed by atoms with Gasteiger partial charge in [-0.05, 0) is 60.9 Å². The first-order valence-corrected chi connectivity index (χ1v) is 8.92. The van der Waals surface area contributed by atoms with E-state index in [1.54, 1.807) is 24.3 Å². The Hall–Kier alpha value is -3.54. The average Bonchev–Trinajstić information content (AvgIpc) is 3.22. The normalized spacial score (nSPS) is 10.4. The molecule has 6 heteroatoms. The van der Waals surface area contributed by atoms with Crippen molar-refractivity contribution in [2.75, 3.05) is 11.9 Å². The fraction of sp³-hybridized carbons (Fsp3) is 0.182. The van der Waals surface area contributed by atoms with Crippen LogP contribution in [0.15, 0.2) is 65.3 Å². The van der Waals surface area contributed by atoms with Gasteiger partial charge in [-0.3, -0.25) is 9.59 Å². The highest BCUT2D eigenvalue weighted by Crippen LogP contribution is 2.19. The van der Waals surface area contributed by atoms with Gasteiger partial charge < -0.3 is 19.8 Å². The van der Waals surface area contributed by atoms with Gasteiger partial charge in [-0.15, -0.1) is 0 Å². The average molecular weight is 378 g/mol. The summed E-state index contributed by atoms with van der Waals surface area (Å²) in [6.45, 7) is 4.19. The van der Waals surface area contributed by atoms with E-state index in [1.165, 1.54) is 6.26 Å². The highest BCUT2D eigenvalue weighted by molar-refractivity contribution is 6.02. The first-order valence-electron chi connectivity index (χ1n) is 8.92. The number of benzene rings is 2. The van der Waals surface area contributed by atoms with E-state index < -0.39 is 0 Å². The van der Waals surface area contributed by atoms with Crippen molar-refractivity contribution in [2.24, 2.45) is 0 Å². The zero-order chi connectivity index (χ0) is 19.9. The largest absolute Gasteiger partial charge is 0.483 e. The Labute approximate surface area is 163 Å². The van der Waals surface area contributed by atoms with Crippen LogP contribution in [0.3, 0.4) is 0 Å². The lowest BCUT2D eigenvalue weighted by Crippen LogP contribution is -2.28. The van der Waals surface area contributed by atoms with Crippen molar-refractivity contribution in [2.45, 2.75) is 20.4 Å². The highest BCUT2D eigenvalue weighted by Gasteiger charge is 2.09. The summed E-state index contributed by atoms with van der Waals surface area (Å²) in [5, 5.41) is 5.58. The van der Waals surface area contributed by atoms with Gasteiger partial charge in [-0.25, -0.2) is 0 Å². The zero-order valence-corrected chi connectivity index (χ0v) is 15.8. The Morgan fingerprint density at radius 2 is 1.89 bits per heavy atom. The predicted octanol–water partition coefficient (Wildman–Crippen LogP) is 3.84. The molecule has 0 saturated heterocycles. The molecular formula is C22H22N2O4. The molecule has 2 aromatic carbocycles. The molecule has 3 rings (SSSR count). The Morgan fingerprint density at radius 3 is 2.68 bits per heavy atom. The van der Waals surface area contributed by atoms with Gasteiger partial charge in [-0.1, -0.05) is 24.3 Å². The molecule has 28 heavy (non-hydrogen) atoms. The van der Waals surface area contributed by atoms with Gasteiger partial charge in [0, 0.05) is 12.2 Å². The van der Waals surface area contributed by atoms with Crippen LogP contribution in [0, 0.1) is 13.8 Å². The number of aryl methyl sites for hydroxylation is 2. The number of nitrogens with one attached hydrogen (secondary N) is 2. The van der Waals surface area contributed by atoms with Gasteiger partial charge in [0.1, 0.15) is 5.75 Å². The van der Waals surface area contributed by atoms with E-state index in [0.717, 1.165) is 16.7 Å². The number of hydrogen-bond acceptors (Lipinski definition) is 4. The van der Waals surface area contributed by atoms with Gasteiger partial charge >= 0.3 is 0 Å². The highest BCUT2D eigenvalue weighted by atomic mass is 16.5. The minimum Gasteiger partial charge on any atom is -0.483 e. The second-order valence-corrected chi connectivity index (χ2v) is 6.47. The molecule has 0 radical (unpaired) electrons. The maximum atomic E-state index is 12.1. The lowest BCUT2D eigenvalue weighted by atomic mass is 10.1. The summed E-state index contributed by atoms with van der Waals surface area (Å²) in [5.74, 6) is 0.402. The molecule has 2 N–H and O–H groups in total. The molecule has 3 aromatic rings. The van der Waals surface area contributed by atoms with E-state index in [-0.39, 0.29) is 24.2 Å². The molecule has 0 unspecified atom stereocenters. The molecule has 0 fully saturated rings. The topological polar surface area (TPSA) is 80.6 Å². The summed E-state index contributed by atoms with van der Waals surface area (Å²) >= 11 is 0. The van der Waals surface area contributed by atoms with Crippen molar-refractivity contribution in [3.8, 4) is 5.75 Å². The van der Waals surface area contributed by atoms with Crippen molar-refractivity contribution in [3.05, 3.63) is 83.3 Å². The Kier molecular flexibility index (Phi) is 6.11. The van der Waals surface area contributed by atoms with Crippen LogP contribution in [0.1, 0.15) is 27.2 Å². The number of rotatable bonds is 7. The summed E-state index contributed by atoms with van der Waals surface area (Å²) in [6, 6.07) is 16.4. The Balaban J connectivity index is 1.50. The molecule has 0 saturated carbocycles. The van der Waals surface area contributed by atoms with E-state index in [9.17, 15) is 9.59 Å². The number of carbonyl (C=O) groups excluding carboxylic acids is 2. The van der Waals surface area contributed by atoms with Crippen LogP contribution in [0.2, 0.25) is 0 Å². The summed E-state index contributed by atoms with van der Waals surface area (Å²) in [6.07, 6.45) is 1.45. The van der Waals surface area contributed by atoms with E-state index in [2.05, 4.69) is 10.6 Å². The second-order valence-electron chi connectivity index (χ2n) is 6.47. The summed E-state index contributed by atoms with van der Waals surface area (Å²) in [5.41, 5.74) is 3.55. The van der Waals surface area contributed by atoms with E-state index in [1.807, 2.05) is 44.2 Å². The van der Waals surface area contributed by atoms with E-state index >= 15 is 0 Å². The molecule has 1 aromatic heterocycles. The number of carbonyl (C=O) groups is 2. The number of amides is 2. The van der Waals surface area contributed by atoms with Gasteiger partial charge in [0.15, 0.2) is 12.4 Å². The van der Waals surface area contributed by atoms with Crippen LogP contribution < -0.4 is 15.4 Å². The molecular weight excluding hydrogens is 356 g/mol. The van der Waals surface area contributed by atoms with Crippen molar-refractivity contribution >= 4 is 17.5 Å². The van der Waals surface area contributed by atoms with Gasteiger partial charge in [0.25, 0.3) is 11.8 Å². The van der Waals surface area contributed by atoms with Gasteiger partial charge in [-0.2, -0.15) is 0 Å². The third kappa shape index (κ3) is 5.23. The molecule has 0 atom stereocenters. The standard InChI is InChI=1S/C22H22N2O4/c1-15-8-9-16(2)20(11-15)28-14-21(25)23-13-17-5-3-6-18(12-17)24-22(26)19-7-4-10-27-19/h3-12H,13-14H2,1-2H3,(H,23,25)(H,24,26). The van der Waals surface area contributed by atoms with Crippen LogP contribution in [-0.4, -0.2) is 18.4 Å². The molecule has 144 valence electrons. The zero-order valence-electron chi connectivity index (χ0n) is 15.8. The lowest BCUT2D eigenvalue weighted by Gasteiger charge is -2.11. The van der Waals surface area contributed by atoms with E-state index in [4.69, 9.17) is 9.15 Å². The summed E-state index contributed by atoms with van der Waals surface area (Å²) in [4.78, 5) is 24.1. The molecule has 1 heterocycles. The van der Waals surface area contributed by atoms with Crippen molar-refractivity contribution in [1.82, 2.24) is 5.32 Å². The van der Waals surface area contributed by atoms with Crippen molar-refractivity contribution in [3.63, 3.8) is 0 Å². The third-order valence-electron chi connectivity index (χ3n) is 4.12. The maximum absolute atomic E-state index is 12.1. The van der Waals surface area contributed by atoms with Crippen LogP contribution in [-0.2, 0) is 11.3 Å². The third-order valence-corrected chi connectivity index (χ3v) is 4.12. The van der Waals surface area contributed by atoms with Crippen LogP contribution in [0.25, 0.3) is 0 Å².